The first-order valence-electron chi connectivity index (χ1n) is 10.4. The third-order valence-corrected chi connectivity index (χ3v) is 7.31. The molecule has 5 rings (SSSR count). The van der Waals surface area contributed by atoms with E-state index in [4.69, 9.17) is 0 Å². The van der Waals surface area contributed by atoms with Gasteiger partial charge in [-0.25, -0.2) is 13.1 Å². The lowest BCUT2D eigenvalue weighted by Gasteiger charge is -2.17. The minimum Gasteiger partial charge on any atom is -0.312 e. The van der Waals surface area contributed by atoms with Gasteiger partial charge in [0, 0.05) is 24.2 Å². The molecule has 0 spiro atoms. The van der Waals surface area contributed by atoms with E-state index in [1.807, 2.05) is 61.5 Å². The van der Waals surface area contributed by atoms with Gasteiger partial charge in [0.25, 0.3) is 0 Å². The molecule has 3 aromatic rings. The zero-order chi connectivity index (χ0) is 22.5. The van der Waals surface area contributed by atoms with Crippen molar-refractivity contribution in [2.45, 2.75) is 24.9 Å². The number of nitrogens with zero attached hydrogens (tertiary/aromatic N) is 3. The Labute approximate surface area is 185 Å². The van der Waals surface area contributed by atoms with Gasteiger partial charge in [-0.2, -0.15) is 5.10 Å². The minimum atomic E-state index is -3.28. The summed E-state index contributed by atoms with van der Waals surface area (Å²) in [6.07, 6.45) is 0.0969. The highest BCUT2D eigenvalue weighted by atomic mass is 32.2. The molecular formula is C23H22N4O4S. The molecule has 0 bridgehead atoms. The number of sulfone groups is 1. The highest BCUT2D eigenvalue weighted by Crippen LogP contribution is 2.34. The molecule has 2 aromatic carbocycles. The van der Waals surface area contributed by atoms with E-state index in [0.29, 0.717) is 17.1 Å². The largest absolute Gasteiger partial charge is 0.312 e. The van der Waals surface area contributed by atoms with E-state index in [-0.39, 0.29) is 36.3 Å². The summed E-state index contributed by atoms with van der Waals surface area (Å²) in [4.78, 5) is 27.4. The van der Waals surface area contributed by atoms with Crippen LogP contribution in [0.5, 0.6) is 0 Å². The Kier molecular flexibility index (Phi) is 4.85. The summed E-state index contributed by atoms with van der Waals surface area (Å²) in [5.41, 5.74) is 3.54. The van der Waals surface area contributed by atoms with Crippen LogP contribution in [-0.4, -0.2) is 36.6 Å². The Morgan fingerprint density at radius 1 is 1.03 bits per heavy atom. The number of carbonyl (C=O) groups is 2. The van der Waals surface area contributed by atoms with Gasteiger partial charge in [-0.05, 0) is 31.2 Å². The van der Waals surface area contributed by atoms with Crippen molar-refractivity contribution < 1.29 is 18.0 Å². The van der Waals surface area contributed by atoms with Crippen LogP contribution in [0.3, 0.4) is 0 Å². The van der Waals surface area contributed by atoms with E-state index in [9.17, 15) is 18.0 Å². The quantitative estimate of drug-likeness (QED) is 0.658. The second-order valence-corrected chi connectivity index (χ2v) is 10.3. The zero-order valence-corrected chi connectivity index (χ0v) is 18.3. The van der Waals surface area contributed by atoms with E-state index < -0.39 is 15.8 Å². The van der Waals surface area contributed by atoms with Crippen LogP contribution in [0.4, 0.5) is 11.5 Å². The average Bonchev–Trinajstić information content (AvgIpc) is 3.40. The molecule has 2 amide bonds. The lowest BCUT2D eigenvalue weighted by Crippen LogP contribution is -2.29. The van der Waals surface area contributed by atoms with E-state index in [2.05, 4.69) is 10.4 Å². The lowest BCUT2D eigenvalue weighted by molar-refractivity contribution is -0.122. The molecule has 8 nitrogen and oxygen atoms in total. The van der Waals surface area contributed by atoms with E-state index in [1.54, 1.807) is 9.58 Å². The molecule has 1 fully saturated rings. The van der Waals surface area contributed by atoms with Crippen molar-refractivity contribution in [2.24, 2.45) is 5.92 Å². The summed E-state index contributed by atoms with van der Waals surface area (Å²) in [6, 6.07) is 16.8. The van der Waals surface area contributed by atoms with Crippen LogP contribution in [-0.2, 0) is 30.9 Å². The van der Waals surface area contributed by atoms with Crippen LogP contribution in [0.25, 0.3) is 5.69 Å². The molecule has 2 aliphatic heterocycles. The van der Waals surface area contributed by atoms with Crippen LogP contribution >= 0.6 is 0 Å². The van der Waals surface area contributed by atoms with Gasteiger partial charge in [0.15, 0.2) is 9.84 Å². The molecule has 2 aliphatic rings. The number of aryl methyl sites for hydroxylation is 1. The fourth-order valence-corrected chi connectivity index (χ4v) is 5.70. The Balaban J connectivity index is 1.42. The summed E-state index contributed by atoms with van der Waals surface area (Å²) >= 11 is 0. The van der Waals surface area contributed by atoms with E-state index >= 15 is 0 Å². The molecule has 1 aromatic heterocycles. The Morgan fingerprint density at radius 3 is 2.47 bits per heavy atom. The first kappa shape index (κ1) is 20.4. The second kappa shape index (κ2) is 7.59. The molecule has 32 heavy (non-hydrogen) atoms. The van der Waals surface area contributed by atoms with Crippen LogP contribution in [0.2, 0.25) is 0 Å². The number of hydrogen-bond acceptors (Lipinski definition) is 5. The zero-order valence-electron chi connectivity index (χ0n) is 17.5. The van der Waals surface area contributed by atoms with Crippen molar-refractivity contribution in [3.05, 3.63) is 71.4 Å². The van der Waals surface area contributed by atoms with Gasteiger partial charge in [-0.15, -0.1) is 0 Å². The second-order valence-electron chi connectivity index (χ2n) is 8.28. The normalized spacial score (nSPS) is 19.2. The van der Waals surface area contributed by atoms with Crippen molar-refractivity contribution >= 4 is 33.2 Å². The molecule has 0 radical (unpaired) electrons. The fraction of sp³-hybridized carbons (Fsp3) is 0.261. The van der Waals surface area contributed by atoms with Gasteiger partial charge in [0.05, 0.1) is 28.8 Å². The standard InChI is InChI=1S/C23H22N4O4S/c1-15-7-9-17(10-8-15)26-12-16(11-21(26)28)23(29)24-22-19-13-32(30,31)14-20(19)25-27(22)18-5-3-2-4-6-18/h2-10,16H,11-14H2,1H3,(H,24,29). The fourth-order valence-electron chi connectivity index (χ4n) is 4.20. The number of para-hydroxylation sites is 1. The van der Waals surface area contributed by atoms with Gasteiger partial charge >= 0.3 is 0 Å². The summed E-state index contributed by atoms with van der Waals surface area (Å²) < 4.78 is 25.9. The topological polar surface area (TPSA) is 101 Å². The SMILES string of the molecule is Cc1ccc(N2CC(C(=O)Nc3c4c(nn3-c3ccccc3)CS(=O)(=O)C4)CC2=O)cc1. The van der Waals surface area contributed by atoms with Crippen LogP contribution in [0.1, 0.15) is 23.2 Å². The molecule has 1 unspecified atom stereocenters. The number of benzene rings is 2. The van der Waals surface area contributed by atoms with Crippen LogP contribution < -0.4 is 10.2 Å². The van der Waals surface area contributed by atoms with Crippen molar-refractivity contribution in [1.82, 2.24) is 9.78 Å². The van der Waals surface area contributed by atoms with Crippen molar-refractivity contribution in [2.75, 3.05) is 16.8 Å². The molecule has 164 valence electrons. The van der Waals surface area contributed by atoms with Crippen molar-refractivity contribution in [3.8, 4) is 5.69 Å². The number of hydrogen-bond donors (Lipinski definition) is 1. The number of nitrogens with one attached hydrogen (secondary N) is 1. The predicted molar refractivity (Wildman–Crippen MR) is 120 cm³/mol. The van der Waals surface area contributed by atoms with Crippen molar-refractivity contribution in [3.63, 3.8) is 0 Å². The first-order chi connectivity index (χ1) is 15.3. The monoisotopic (exact) mass is 450 g/mol. The molecule has 9 heteroatoms. The highest BCUT2D eigenvalue weighted by molar-refractivity contribution is 7.90. The predicted octanol–water partition coefficient (Wildman–Crippen LogP) is 2.60. The maximum atomic E-state index is 13.2. The summed E-state index contributed by atoms with van der Waals surface area (Å²) in [5, 5.41) is 7.36. The maximum absolute atomic E-state index is 13.2. The number of aromatic nitrogens is 2. The Hall–Kier alpha value is -3.46. The van der Waals surface area contributed by atoms with Crippen molar-refractivity contribution in [1.29, 1.82) is 0 Å². The molecule has 1 atom stereocenters. The smallest absolute Gasteiger partial charge is 0.230 e. The Morgan fingerprint density at radius 2 is 1.75 bits per heavy atom. The molecule has 3 heterocycles. The van der Waals surface area contributed by atoms with Gasteiger partial charge in [0.1, 0.15) is 5.82 Å². The maximum Gasteiger partial charge on any atom is 0.230 e. The highest BCUT2D eigenvalue weighted by Gasteiger charge is 2.38. The number of carbonyl (C=O) groups excluding carboxylic acids is 2. The average molecular weight is 451 g/mol. The summed E-state index contributed by atoms with van der Waals surface area (Å²) in [6.45, 7) is 2.24. The van der Waals surface area contributed by atoms with Gasteiger partial charge < -0.3 is 10.2 Å². The first-order valence-corrected chi connectivity index (χ1v) is 12.2. The molecule has 0 saturated carbocycles. The van der Waals surface area contributed by atoms with Gasteiger partial charge in [-0.3, -0.25) is 9.59 Å². The van der Waals surface area contributed by atoms with Crippen LogP contribution in [0.15, 0.2) is 54.6 Å². The third-order valence-electron chi connectivity index (χ3n) is 5.87. The summed E-state index contributed by atoms with van der Waals surface area (Å²) in [5.74, 6) is -0.927. The van der Waals surface area contributed by atoms with Crippen LogP contribution in [0, 0.1) is 12.8 Å². The van der Waals surface area contributed by atoms with Gasteiger partial charge in [-0.1, -0.05) is 35.9 Å². The minimum absolute atomic E-state index is 0.0969. The van der Waals surface area contributed by atoms with Gasteiger partial charge in [0.2, 0.25) is 11.8 Å². The Bertz CT molecular complexity index is 1310. The molecule has 1 saturated heterocycles. The number of rotatable bonds is 4. The number of amides is 2. The third kappa shape index (κ3) is 3.69. The number of anilines is 2. The molecule has 1 N–H and O–H groups in total. The number of fused-ring (bicyclic) bond motifs is 1. The van der Waals surface area contributed by atoms with E-state index in [0.717, 1.165) is 16.9 Å². The summed E-state index contributed by atoms with van der Waals surface area (Å²) in [7, 11) is -3.28. The van der Waals surface area contributed by atoms with E-state index in [1.165, 1.54) is 0 Å². The molecular weight excluding hydrogens is 428 g/mol. The molecule has 0 aliphatic carbocycles. The lowest BCUT2D eigenvalue weighted by atomic mass is 10.1.